The van der Waals surface area contributed by atoms with E-state index in [9.17, 15) is 23.4 Å². The summed E-state index contributed by atoms with van der Waals surface area (Å²) < 4.78 is 35.3. The van der Waals surface area contributed by atoms with Crippen LogP contribution in [-0.4, -0.2) is 42.1 Å². The molecule has 25 heavy (non-hydrogen) atoms. The molecule has 0 aromatic rings. The van der Waals surface area contributed by atoms with Crippen molar-refractivity contribution >= 4 is 20.1 Å². The fourth-order valence-corrected chi connectivity index (χ4v) is 4.02. The van der Waals surface area contributed by atoms with Gasteiger partial charge in [0.15, 0.2) is 6.17 Å². The summed E-state index contributed by atoms with van der Waals surface area (Å²) in [6.45, 7) is 2.77. The van der Waals surface area contributed by atoms with E-state index in [-0.39, 0.29) is 24.8 Å². The molecule has 1 aliphatic carbocycles. The van der Waals surface area contributed by atoms with Gasteiger partial charge in [0.2, 0.25) is 12.5 Å². The van der Waals surface area contributed by atoms with Crippen LogP contribution in [0.15, 0.2) is 0 Å². The maximum atomic E-state index is 14.4. The molecule has 3 atom stereocenters. The van der Waals surface area contributed by atoms with Crippen LogP contribution < -0.4 is 5.32 Å². The van der Waals surface area contributed by atoms with E-state index in [0.717, 1.165) is 32.1 Å². The Balaban J connectivity index is 2.29. The first kappa shape index (κ1) is 21.8. The Labute approximate surface area is 148 Å². The molecule has 0 heterocycles. The van der Waals surface area contributed by atoms with Crippen LogP contribution in [0.1, 0.15) is 52.4 Å². The van der Waals surface area contributed by atoms with Crippen LogP contribution in [0, 0.1) is 11.8 Å². The fourth-order valence-electron chi connectivity index (χ4n) is 2.93. The van der Waals surface area contributed by atoms with Gasteiger partial charge in [-0.15, -0.1) is 0 Å². The maximum absolute atomic E-state index is 14.4. The first-order chi connectivity index (χ1) is 11.8. The lowest BCUT2D eigenvalue weighted by Crippen LogP contribution is -2.34. The summed E-state index contributed by atoms with van der Waals surface area (Å²) in [6.07, 6.45) is 2.17. The Morgan fingerprint density at radius 3 is 2.44 bits per heavy atom. The number of hydrogen-bond acceptors (Lipinski definition) is 5. The molecular weight excluding hydrogens is 352 g/mol. The van der Waals surface area contributed by atoms with Gasteiger partial charge in [0.25, 0.3) is 0 Å². The summed E-state index contributed by atoms with van der Waals surface area (Å²) >= 11 is 0. The normalized spacial score (nSPS) is 18.4. The summed E-state index contributed by atoms with van der Waals surface area (Å²) in [5.74, 6) is -0.894. The van der Waals surface area contributed by atoms with Crippen molar-refractivity contribution in [2.24, 2.45) is 11.8 Å². The van der Waals surface area contributed by atoms with E-state index in [2.05, 4.69) is 14.8 Å². The summed E-state index contributed by atoms with van der Waals surface area (Å²) in [5, 5.41) is 2.34. The minimum Gasteiger partial charge on any atom is -0.428 e. The third-order valence-corrected chi connectivity index (χ3v) is 5.57. The Morgan fingerprint density at radius 2 is 1.88 bits per heavy atom. The van der Waals surface area contributed by atoms with Crippen molar-refractivity contribution in [2.75, 3.05) is 13.3 Å². The number of alkyl halides is 1. The van der Waals surface area contributed by atoms with Gasteiger partial charge >= 0.3 is 20.1 Å². The average molecular weight is 380 g/mol. The highest BCUT2D eigenvalue weighted by atomic mass is 31.1. The Bertz CT molecular complexity index is 456. The SMILES string of the molecule is CC(C)C(=O)OCOC(=O)NCC[C@@H](F)[C@@H](C1CCCCC1)[P+](=O)O. The highest BCUT2D eigenvalue weighted by Crippen LogP contribution is 2.41. The van der Waals surface area contributed by atoms with Gasteiger partial charge < -0.3 is 14.8 Å². The number of nitrogens with one attached hydrogen (secondary N) is 1. The van der Waals surface area contributed by atoms with E-state index in [0.29, 0.717) is 0 Å². The van der Waals surface area contributed by atoms with Crippen LogP contribution >= 0.6 is 8.03 Å². The Hall–Kier alpha value is -1.27. The minimum atomic E-state index is -2.61. The second kappa shape index (κ2) is 11.4. The van der Waals surface area contributed by atoms with Gasteiger partial charge in [-0.2, -0.15) is 4.89 Å². The summed E-state index contributed by atoms with van der Waals surface area (Å²) in [7, 11) is -2.61. The lowest BCUT2D eigenvalue weighted by atomic mass is 9.85. The first-order valence-corrected chi connectivity index (χ1v) is 9.97. The number of ether oxygens (including phenoxy) is 2. The predicted molar refractivity (Wildman–Crippen MR) is 90.0 cm³/mol. The number of carbonyl (C=O) groups excluding carboxylic acids is 2. The van der Waals surface area contributed by atoms with Crippen molar-refractivity contribution in [3.8, 4) is 0 Å². The van der Waals surface area contributed by atoms with Crippen LogP contribution in [0.4, 0.5) is 9.18 Å². The second-order valence-corrected chi connectivity index (χ2v) is 7.79. The quantitative estimate of drug-likeness (QED) is 0.362. The van der Waals surface area contributed by atoms with Gasteiger partial charge in [-0.1, -0.05) is 33.1 Å². The molecule has 1 amide bonds. The number of halogens is 1. The summed E-state index contributed by atoms with van der Waals surface area (Å²) in [5.41, 5.74) is -0.889. The summed E-state index contributed by atoms with van der Waals surface area (Å²) in [4.78, 5) is 32.1. The number of rotatable bonds is 9. The molecule has 7 nitrogen and oxygen atoms in total. The topological polar surface area (TPSA) is 102 Å². The maximum Gasteiger partial charge on any atom is 0.512 e. The van der Waals surface area contributed by atoms with Crippen molar-refractivity contribution < 1.29 is 32.9 Å². The van der Waals surface area contributed by atoms with Crippen molar-refractivity contribution in [1.29, 1.82) is 0 Å². The molecule has 0 saturated heterocycles. The van der Waals surface area contributed by atoms with E-state index in [1.54, 1.807) is 13.8 Å². The lowest BCUT2D eigenvalue weighted by Gasteiger charge is -2.24. The molecule has 144 valence electrons. The summed E-state index contributed by atoms with van der Waals surface area (Å²) in [6, 6.07) is 0. The van der Waals surface area contributed by atoms with E-state index in [1.165, 1.54) is 0 Å². The zero-order chi connectivity index (χ0) is 18.8. The zero-order valence-corrected chi connectivity index (χ0v) is 15.7. The molecule has 0 aliphatic heterocycles. The lowest BCUT2D eigenvalue weighted by molar-refractivity contribution is -0.155. The highest BCUT2D eigenvalue weighted by Gasteiger charge is 2.44. The highest BCUT2D eigenvalue weighted by molar-refractivity contribution is 7.39. The molecule has 1 aliphatic rings. The van der Waals surface area contributed by atoms with Gasteiger partial charge in [-0.3, -0.25) is 4.79 Å². The molecule has 0 aromatic carbocycles. The van der Waals surface area contributed by atoms with E-state index in [4.69, 9.17) is 0 Å². The second-order valence-electron chi connectivity index (χ2n) is 6.59. The first-order valence-electron chi connectivity index (χ1n) is 8.69. The van der Waals surface area contributed by atoms with Crippen molar-refractivity contribution in [3.05, 3.63) is 0 Å². The predicted octanol–water partition coefficient (Wildman–Crippen LogP) is 3.28. The van der Waals surface area contributed by atoms with Crippen LogP contribution in [-0.2, 0) is 18.8 Å². The van der Waals surface area contributed by atoms with Crippen LogP contribution in [0.25, 0.3) is 0 Å². The molecule has 1 saturated carbocycles. The third-order valence-electron chi connectivity index (χ3n) is 4.31. The van der Waals surface area contributed by atoms with Crippen molar-refractivity contribution in [1.82, 2.24) is 5.32 Å². The molecule has 9 heteroatoms. The largest absolute Gasteiger partial charge is 0.512 e. The number of carbonyl (C=O) groups is 2. The standard InChI is InChI=1S/C16H27FNO6P/c1-11(2)15(19)23-10-24-16(20)18-9-8-13(17)14(25(21)22)12-6-4-3-5-7-12/h11-14H,3-10H2,1-2H3,(H-,18,20,21,22)/p+1/t13-,14-/m1/s1. The van der Waals surface area contributed by atoms with Gasteiger partial charge in [-0.05, 0) is 17.4 Å². The zero-order valence-electron chi connectivity index (χ0n) is 14.8. The van der Waals surface area contributed by atoms with E-state index in [1.807, 2.05) is 0 Å². The van der Waals surface area contributed by atoms with Gasteiger partial charge in [-0.25, -0.2) is 9.18 Å². The molecule has 0 aromatic heterocycles. The molecular formula is C16H28FNO6P+. The van der Waals surface area contributed by atoms with Crippen LogP contribution in [0.2, 0.25) is 0 Å². The average Bonchev–Trinajstić information content (AvgIpc) is 2.55. The molecule has 2 N–H and O–H groups in total. The molecule has 0 bridgehead atoms. The van der Waals surface area contributed by atoms with E-state index < -0.39 is 38.7 Å². The Kier molecular flexibility index (Phi) is 9.90. The number of alkyl carbamates (subject to hydrolysis) is 1. The van der Waals surface area contributed by atoms with Crippen molar-refractivity contribution in [3.63, 3.8) is 0 Å². The molecule has 0 spiro atoms. The van der Waals surface area contributed by atoms with E-state index >= 15 is 0 Å². The van der Waals surface area contributed by atoms with Gasteiger partial charge in [0, 0.05) is 18.9 Å². The number of hydrogen-bond donors (Lipinski definition) is 2. The minimum absolute atomic E-state index is 0.0233. The number of amides is 1. The fraction of sp³-hybridized carbons (Fsp3) is 0.875. The van der Waals surface area contributed by atoms with Gasteiger partial charge in [0.1, 0.15) is 0 Å². The third kappa shape index (κ3) is 8.10. The van der Waals surface area contributed by atoms with Crippen LogP contribution in [0.5, 0.6) is 0 Å². The number of esters is 1. The van der Waals surface area contributed by atoms with Crippen LogP contribution in [0.3, 0.4) is 0 Å². The molecule has 1 rings (SSSR count). The molecule has 1 fully saturated rings. The monoisotopic (exact) mass is 380 g/mol. The molecule has 1 unspecified atom stereocenters. The van der Waals surface area contributed by atoms with Gasteiger partial charge in [0.05, 0.1) is 5.92 Å². The van der Waals surface area contributed by atoms with Crippen molar-refractivity contribution in [2.45, 2.75) is 64.2 Å². The molecule has 0 radical (unpaired) electrons. The Morgan fingerprint density at radius 1 is 1.24 bits per heavy atom. The smallest absolute Gasteiger partial charge is 0.428 e.